The van der Waals surface area contributed by atoms with Crippen molar-refractivity contribution in [2.45, 2.75) is 31.7 Å². The van der Waals surface area contributed by atoms with Crippen molar-refractivity contribution in [3.8, 4) is 0 Å². The van der Waals surface area contributed by atoms with Crippen LogP contribution in [-0.4, -0.2) is 30.4 Å². The first-order valence-electron chi connectivity index (χ1n) is 9.16. The van der Waals surface area contributed by atoms with Gasteiger partial charge < -0.3 is 15.4 Å². The summed E-state index contributed by atoms with van der Waals surface area (Å²) in [4.78, 5) is 36.8. The third kappa shape index (κ3) is 5.10. The molecule has 0 atom stereocenters. The third-order valence-corrected chi connectivity index (χ3v) is 4.89. The molecular weight excluding hydrogens is 380 g/mol. The minimum absolute atomic E-state index is 0.174. The maximum absolute atomic E-state index is 12.5. The first-order chi connectivity index (χ1) is 13.5. The molecule has 0 aliphatic heterocycles. The van der Waals surface area contributed by atoms with Gasteiger partial charge in [0.25, 0.3) is 11.8 Å². The molecule has 0 spiro atoms. The molecule has 6 nitrogen and oxygen atoms in total. The fourth-order valence-corrected chi connectivity index (χ4v) is 3.36. The lowest BCUT2D eigenvalue weighted by molar-refractivity contribution is -0.119. The Morgan fingerprint density at radius 2 is 1.61 bits per heavy atom. The number of rotatable bonds is 6. The Balaban J connectivity index is 1.59. The van der Waals surface area contributed by atoms with E-state index in [1.54, 1.807) is 42.5 Å². The number of hydrogen-bond acceptors (Lipinski definition) is 4. The summed E-state index contributed by atoms with van der Waals surface area (Å²) in [6.45, 7) is -0.483. The van der Waals surface area contributed by atoms with E-state index in [2.05, 4.69) is 10.6 Å². The number of carbonyl (C=O) groups excluding carboxylic acids is 3. The van der Waals surface area contributed by atoms with Gasteiger partial charge >= 0.3 is 5.97 Å². The molecule has 0 heterocycles. The van der Waals surface area contributed by atoms with E-state index in [1.807, 2.05) is 0 Å². The molecule has 0 bridgehead atoms. The summed E-state index contributed by atoms with van der Waals surface area (Å²) >= 11 is 5.94. The Kier molecular flexibility index (Phi) is 6.66. The van der Waals surface area contributed by atoms with Crippen LogP contribution >= 0.6 is 11.6 Å². The number of ether oxygens (including phenoxy) is 1. The van der Waals surface area contributed by atoms with Gasteiger partial charge in [-0.15, -0.1) is 0 Å². The summed E-state index contributed by atoms with van der Waals surface area (Å²) in [5.41, 5.74) is 0.935. The van der Waals surface area contributed by atoms with E-state index < -0.39 is 18.5 Å². The quantitative estimate of drug-likeness (QED) is 0.722. The van der Waals surface area contributed by atoms with Crippen molar-refractivity contribution in [3.63, 3.8) is 0 Å². The van der Waals surface area contributed by atoms with Gasteiger partial charge in [-0.2, -0.15) is 0 Å². The zero-order valence-corrected chi connectivity index (χ0v) is 16.0. The van der Waals surface area contributed by atoms with E-state index in [4.69, 9.17) is 16.3 Å². The molecule has 7 heteroatoms. The Bertz CT molecular complexity index is 878. The first kappa shape index (κ1) is 19.9. The number of halogens is 1. The molecule has 146 valence electrons. The molecule has 2 N–H and O–H groups in total. The highest BCUT2D eigenvalue weighted by Gasteiger charge is 2.20. The van der Waals surface area contributed by atoms with Gasteiger partial charge in [0.1, 0.15) is 0 Å². The van der Waals surface area contributed by atoms with Crippen LogP contribution in [0.25, 0.3) is 0 Å². The summed E-state index contributed by atoms with van der Waals surface area (Å²) in [5, 5.41) is 5.88. The lowest BCUT2D eigenvalue weighted by atomic mass is 10.1. The molecule has 1 aliphatic rings. The number of hydrogen-bond donors (Lipinski definition) is 2. The normalized spacial score (nSPS) is 13.8. The average molecular weight is 401 g/mol. The van der Waals surface area contributed by atoms with Crippen molar-refractivity contribution < 1.29 is 19.1 Å². The summed E-state index contributed by atoms with van der Waals surface area (Å²) in [6, 6.07) is 13.3. The standard InChI is InChI=1S/C21H21ClN2O4/c22-17-11-5-3-9-15(17)21(27)28-13-19(25)24-18-12-6-4-10-16(18)20(26)23-14-7-1-2-8-14/h3-6,9-12,14H,1-2,7-8,13H2,(H,23,26)(H,24,25). The average Bonchev–Trinajstić information content (AvgIpc) is 3.20. The largest absolute Gasteiger partial charge is 0.452 e. The van der Waals surface area contributed by atoms with Gasteiger partial charge in [-0.1, -0.05) is 48.7 Å². The summed E-state index contributed by atoms with van der Waals surface area (Å²) in [5.74, 6) is -1.45. The molecule has 1 fully saturated rings. The molecule has 3 rings (SSSR count). The highest BCUT2D eigenvalue weighted by molar-refractivity contribution is 6.33. The summed E-state index contributed by atoms with van der Waals surface area (Å²) in [6.07, 6.45) is 4.16. The lowest BCUT2D eigenvalue weighted by Crippen LogP contribution is -2.33. The molecule has 2 aromatic rings. The fourth-order valence-electron chi connectivity index (χ4n) is 3.15. The van der Waals surface area contributed by atoms with Gasteiger partial charge in [0, 0.05) is 6.04 Å². The smallest absolute Gasteiger partial charge is 0.340 e. The summed E-state index contributed by atoms with van der Waals surface area (Å²) in [7, 11) is 0. The molecule has 0 saturated heterocycles. The molecular formula is C21H21ClN2O4. The van der Waals surface area contributed by atoms with Gasteiger partial charge in [-0.25, -0.2) is 4.79 Å². The van der Waals surface area contributed by atoms with Crippen LogP contribution in [0.2, 0.25) is 5.02 Å². The van der Waals surface area contributed by atoms with Crippen molar-refractivity contribution in [1.29, 1.82) is 0 Å². The zero-order chi connectivity index (χ0) is 19.9. The van der Waals surface area contributed by atoms with Crippen molar-refractivity contribution >= 4 is 35.1 Å². The number of anilines is 1. The minimum Gasteiger partial charge on any atom is -0.452 e. The van der Waals surface area contributed by atoms with Gasteiger partial charge in [-0.3, -0.25) is 9.59 Å². The lowest BCUT2D eigenvalue weighted by Gasteiger charge is -2.15. The molecule has 0 unspecified atom stereocenters. The molecule has 0 radical (unpaired) electrons. The fraction of sp³-hybridized carbons (Fsp3) is 0.286. The van der Waals surface area contributed by atoms with Crippen molar-refractivity contribution in [2.75, 3.05) is 11.9 Å². The van der Waals surface area contributed by atoms with E-state index in [1.165, 1.54) is 6.07 Å². The predicted molar refractivity (Wildman–Crippen MR) is 107 cm³/mol. The van der Waals surface area contributed by atoms with Gasteiger partial charge in [-0.05, 0) is 37.1 Å². The Morgan fingerprint density at radius 3 is 2.32 bits per heavy atom. The van der Waals surface area contributed by atoms with Crippen LogP contribution in [0.4, 0.5) is 5.69 Å². The van der Waals surface area contributed by atoms with E-state index in [-0.39, 0.29) is 22.5 Å². The van der Waals surface area contributed by atoms with Crippen LogP contribution in [0.3, 0.4) is 0 Å². The van der Waals surface area contributed by atoms with Crippen LogP contribution in [0.5, 0.6) is 0 Å². The zero-order valence-electron chi connectivity index (χ0n) is 15.2. The monoisotopic (exact) mass is 400 g/mol. The maximum atomic E-state index is 12.5. The molecule has 2 amide bonds. The topological polar surface area (TPSA) is 84.5 Å². The van der Waals surface area contributed by atoms with Crippen LogP contribution in [0.1, 0.15) is 46.4 Å². The number of carbonyl (C=O) groups is 3. The molecule has 0 aromatic heterocycles. The predicted octanol–water partition coefficient (Wildman–Crippen LogP) is 3.81. The van der Waals surface area contributed by atoms with Gasteiger partial charge in [0.2, 0.25) is 0 Å². The third-order valence-electron chi connectivity index (χ3n) is 4.56. The van der Waals surface area contributed by atoms with Crippen LogP contribution in [0.15, 0.2) is 48.5 Å². The Morgan fingerprint density at radius 1 is 0.964 bits per heavy atom. The van der Waals surface area contributed by atoms with E-state index in [0.29, 0.717) is 11.3 Å². The number of esters is 1. The number of para-hydroxylation sites is 1. The second-order valence-electron chi connectivity index (χ2n) is 6.60. The van der Waals surface area contributed by atoms with Crippen LogP contribution < -0.4 is 10.6 Å². The second-order valence-corrected chi connectivity index (χ2v) is 7.01. The number of amides is 2. The SMILES string of the molecule is O=C(COC(=O)c1ccccc1Cl)Nc1ccccc1C(=O)NC1CCCC1. The first-order valence-corrected chi connectivity index (χ1v) is 9.54. The van der Waals surface area contributed by atoms with Crippen molar-refractivity contribution in [1.82, 2.24) is 5.32 Å². The molecule has 28 heavy (non-hydrogen) atoms. The van der Waals surface area contributed by atoms with Crippen molar-refractivity contribution in [2.24, 2.45) is 0 Å². The number of nitrogens with one attached hydrogen (secondary N) is 2. The molecule has 1 aliphatic carbocycles. The van der Waals surface area contributed by atoms with Gasteiger partial charge in [0.05, 0.1) is 21.8 Å². The minimum atomic E-state index is -0.687. The summed E-state index contributed by atoms with van der Waals surface area (Å²) < 4.78 is 5.01. The van der Waals surface area contributed by atoms with E-state index in [9.17, 15) is 14.4 Å². The molecule has 2 aromatic carbocycles. The van der Waals surface area contributed by atoms with E-state index >= 15 is 0 Å². The van der Waals surface area contributed by atoms with Gasteiger partial charge in [0.15, 0.2) is 6.61 Å². The van der Waals surface area contributed by atoms with Crippen molar-refractivity contribution in [3.05, 3.63) is 64.7 Å². The second kappa shape index (κ2) is 9.37. The highest BCUT2D eigenvalue weighted by Crippen LogP contribution is 2.20. The Hall–Kier alpha value is -2.86. The highest BCUT2D eigenvalue weighted by atomic mass is 35.5. The maximum Gasteiger partial charge on any atom is 0.340 e. The van der Waals surface area contributed by atoms with E-state index in [0.717, 1.165) is 25.7 Å². The van der Waals surface area contributed by atoms with Crippen LogP contribution in [-0.2, 0) is 9.53 Å². The van der Waals surface area contributed by atoms with Crippen LogP contribution in [0, 0.1) is 0 Å². The Labute approximate surface area is 168 Å². The number of benzene rings is 2. The molecule has 1 saturated carbocycles.